The summed E-state index contributed by atoms with van der Waals surface area (Å²) in [5.41, 5.74) is 3.02. The fraction of sp³-hybridized carbons (Fsp3) is 0.562. The first-order valence-corrected chi connectivity index (χ1v) is 8.09. The number of alkyl halides is 1. The highest BCUT2D eigenvalue weighted by atomic mass is 79.9. The van der Waals surface area contributed by atoms with Crippen LogP contribution in [0.25, 0.3) is 0 Å². The summed E-state index contributed by atoms with van der Waals surface area (Å²) in [5, 5.41) is 10.1. The summed E-state index contributed by atoms with van der Waals surface area (Å²) >= 11 is 3.44. The van der Waals surface area contributed by atoms with Crippen LogP contribution in [-0.4, -0.2) is 13.1 Å². The molecular weight excluding hydrogens is 300 g/mol. The second-order valence-electron chi connectivity index (χ2n) is 5.63. The van der Waals surface area contributed by atoms with E-state index in [1.807, 2.05) is 6.07 Å². The summed E-state index contributed by atoms with van der Waals surface area (Å²) in [6, 6.07) is 9.10. The van der Waals surface area contributed by atoms with Gasteiger partial charge in [0.25, 0.3) is 0 Å². The molecule has 1 aromatic rings. The van der Waals surface area contributed by atoms with Gasteiger partial charge in [-0.05, 0) is 36.5 Å². The van der Waals surface area contributed by atoms with E-state index >= 15 is 0 Å². The molecule has 0 N–H and O–H groups in total. The van der Waals surface area contributed by atoms with Crippen LogP contribution in [0.4, 0.5) is 5.69 Å². The van der Waals surface area contributed by atoms with Gasteiger partial charge in [0, 0.05) is 18.4 Å². The third-order valence-corrected chi connectivity index (χ3v) is 4.82. The minimum Gasteiger partial charge on any atom is -0.371 e. The highest BCUT2D eigenvalue weighted by molar-refractivity contribution is 9.08. The van der Waals surface area contributed by atoms with Gasteiger partial charge < -0.3 is 4.90 Å². The normalized spacial score (nSPS) is 22.8. The number of hydrogen-bond donors (Lipinski definition) is 0. The van der Waals surface area contributed by atoms with Crippen LogP contribution in [-0.2, 0) is 5.33 Å². The van der Waals surface area contributed by atoms with Gasteiger partial charge in [-0.1, -0.05) is 41.8 Å². The largest absolute Gasteiger partial charge is 0.371 e. The smallest absolute Gasteiger partial charge is 0.101 e. The minimum absolute atomic E-state index is 0.575. The maximum atomic E-state index is 9.35. The zero-order valence-electron chi connectivity index (χ0n) is 11.7. The van der Waals surface area contributed by atoms with E-state index in [1.54, 1.807) is 0 Å². The van der Waals surface area contributed by atoms with Crippen LogP contribution in [0.1, 0.15) is 43.7 Å². The lowest BCUT2D eigenvalue weighted by Crippen LogP contribution is -2.36. The molecule has 3 heteroatoms. The molecule has 1 aliphatic carbocycles. The van der Waals surface area contributed by atoms with Gasteiger partial charge in [-0.2, -0.15) is 5.26 Å². The van der Waals surface area contributed by atoms with E-state index in [9.17, 15) is 5.26 Å². The number of nitrogens with zero attached hydrogens (tertiary/aromatic N) is 2. The van der Waals surface area contributed by atoms with Crippen molar-refractivity contribution in [2.24, 2.45) is 5.92 Å². The van der Waals surface area contributed by atoms with Crippen molar-refractivity contribution in [1.82, 2.24) is 0 Å². The molecule has 0 radical (unpaired) electrons. The van der Waals surface area contributed by atoms with Gasteiger partial charge in [0.15, 0.2) is 0 Å². The van der Waals surface area contributed by atoms with Crippen LogP contribution < -0.4 is 4.90 Å². The molecule has 2 unspecified atom stereocenters. The number of nitriles is 1. The van der Waals surface area contributed by atoms with Crippen molar-refractivity contribution < 1.29 is 0 Å². The zero-order chi connectivity index (χ0) is 13.8. The quantitative estimate of drug-likeness (QED) is 0.768. The van der Waals surface area contributed by atoms with E-state index in [0.717, 1.165) is 28.1 Å². The molecule has 2 nitrogen and oxygen atoms in total. The van der Waals surface area contributed by atoms with Crippen LogP contribution in [0.15, 0.2) is 18.2 Å². The Balaban J connectivity index is 2.23. The molecule has 1 fully saturated rings. The Bertz CT molecular complexity index is 478. The standard InChI is InChI=1S/C16H21BrN2/c1-12-4-3-5-15(8-12)19(2)16-7-6-13(10-17)9-14(16)11-18/h6-7,9,12,15H,3-5,8,10H2,1-2H3. The molecule has 0 bridgehead atoms. The Morgan fingerprint density at radius 3 is 2.84 bits per heavy atom. The van der Waals surface area contributed by atoms with Crippen LogP contribution in [0.2, 0.25) is 0 Å². The monoisotopic (exact) mass is 320 g/mol. The van der Waals surface area contributed by atoms with E-state index in [2.05, 4.69) is 53.0 Å². The van der Waals surface area contributed by atoms with E-state index in [4.69, 9.17) is 0 Å². The van der Waals surface area contributed by atoms with Crippen molar-refractivity contribution in [2.45, 2.75) is 44.0 Å². The van der Waals surface area contributed by atoms with Gasteiger partial charge in [0.05, 0.1) is 11.3 Å². The number of halogens is 1. The van der Waals surface area contributed by atoms with Gasteiger partial charge in [-0.25, -0.2) is 0 Å². The molecule has 1 saturated carbocycles. The molecule has 2 rings (SSSR count). The number of benzene rings is 1. The lowest BCUT2D eigenvalue weighted by Gasteiger charge is -2.36. The van der Waals surface area contributed by atoms with Crippen molar-refractivity contribution >= 4 is 21.6 Å². The molecule has 1 aromatic carbocycles. The van der Waals surface area contributed by atoms with Crippen molar-refractivity contribution in [2.75, 3.05) is 11.9 Å². The van der Waals surface area contributed by atoms with Crippen LogP contribution >= 0.6 is 15.9 Å². The Kier molecular flexibility index (Phi) is 4.87. The molecule has 1 aliphatic rings. The summed E-state index contributed by atoms with van der Waals surface area (Å²) in [7, 11) is 2.13. The van der Waals surface area contributed by atoms with E-state index < -0.39 is 0 Å². The SMILES string of the molecule is CC1CCCC(N(C)c2ccc(CBr)cc2C#N)C1. The van der Waals surface area contributed by atoms with Gasteiger partial charge >= 0.3 is 0 Å². The molecule has 0 aromatic heterocycles. The Morgan fingerprint density at radius 2 is 2.21 bits per heavy atom. The predicted molar refractivity (Wildman–Crippen MR) is 83.6 cm³/mol. The lowest BCUT2D eigenvalue weighted by atomic mass is 9.86. The molecule has 0 aliphatic heterocycles. The van der Waals surface area contributed by atoms with E-state index in [1.165, 1.54) is 25.7 Å². The molecular formula is C16H21BrN2. The average Bonchev–Trinajstić information content (AvgIpc) is 2.45. The zero-order valence-corrected chi connectivity index (χ0v) is 13.3. The number of rotatable bonds is 3. The molecule has 19 heavy (non-hydrogen) atoms. The van der Waals surface area contributed by atoms with Gasteiger partial charge in [0.1, 0.15) is 6.07 Å². The predicted octanol–water partition coefficient (Wildman–Crippen LogP) is 4.47. The Morgan fingerprint density at radius 1 is 1.42 bits per heavy atom. The summed E-state index contributed by atoms with van der Waals surface area (Å²) in [6.45, 7) is 2.33. The van der Waals surface area contributed by atoms with Crippen LogP contribution in [0.5, 0.6) is 0 Å². The molecule has 0 amide bonds. The van der Waals surface area contributed by atoms with Crippen molar-refractivity contribution in [3.63, 3.8) is 0 Å². The van der Waals surface area contributed by atoms with Crippen LogP contribution in [0, 0.1) is 17.2 Å². The lowest BCUT2D eigenvalue weighted by molar-refractivity contribution is 0.336. The second-order valence-corrected chi connectivity index (χ2v) is 6.19. The summed E-state index contributed by atoms with van der Waals surface area (Å²) < 4.78 is 0. The highest BCUT2D eigenvalue weighted by Crippen LogP contribution is 2.31. The van der Waals surface area contributed by atoms with E-state index in [-0.39, 0.29) is 0 Å². The van der Waals surface area contributed by atoms with Crippen molar-refractivity contribution in [1.29, 1.82) is 5.26 Å². The third kappa shape index (κ3) is 3.30. The minimum atomic E-state index is 0.575. The highest BCUT2D eigenvalue weighted by Gasteiger charge is 2.23. The van der Waals surface area contributed by atoms with Gasteiger partial charge in [0.2, 0.25) is 0 Å². The molecule has 0 heterocycles. The molecule has 102 valence electrons. The second kappa shape index (κ2) is 6.43. The molecule has 2 atom stereocenters. The first-order chi connectivity index (χ1) is 9.15. The fourth-order valence-electron chi connectivity index (χ4n) is 3.01. The third-order valence-electron chi connectivity index (χ3n) is 4.17. The summed E-state index contributed by atoms with van der Waals surface area (Å²) in [4.78, 5) is 2.31. The van der Waals surface area contributed by atoms with Gasteiger partial charge in [-0.15, -0.1) is 0 Å². The Labute approximate surface area is 124 Å². The number of anilines is 1. The number of hydrogen-bond acceptors (Lipinski definition) is 2. The summed E-state index contributed by atoms with van der Waals surface area (Å²) in [5.74, 6) is 0.800. The van der Waals surface area contributed by atoms with Crippen LogP contribution in [0.3, 0.4) is 0 Å². The average molecular weight is 321 g/mol. The first kappa shape index (κ1) is 14.4. The van der Waals surface area contributed by atoms with Crippen molar-refractivity contribution in [3.8, 4) is 6.07 Å². The van der Waals surface area contributed by atoms with E-state index in [0.29, 0.717) is 6.04 Å². The molecule has 0 spiro atoms. The maximum absolute atomic E-state index is 9.35. The Hall–Kier alpha value is -1.01. The summed E-state index contributed by atoms with van der Waals surface area (Å²) in [6.07, 6.45) is 5.13. The fourth-order valence-corrected chi connectivity index (χ4v) is 3.36. The topological polar surface area (TPSA) is 27.0 Å². The van der Waals surface area contributed by atoms with Gasteiger partial charge in [-0.3, -0.25) is 0 Å². The molecule has 0 saturated heterocycles. The van der Waals surface area contributed by atoms with Crippen molar-refractivity contribution in [3.05, 3.63) is 29.3 Å². The maximum Gasteiger partial charge on any atom is 0.101 e. The first-order valence-electron chi connectivity index (χ1n) is 6.97.